The summed E-state index contributed by atoms with van der Waals surface area (Å²) in [7, 11) is 1.43. The van der Waals surface area contributed by atoms with Crippen molar-refractivity contribution in [2.75, 3.05) is 26.7 Å². The summed E-state index contributed by atoms with van der Waals surface area (Å²) in [6, 6.07) is 7.37. The molecule has 2 aromatic rings. The van der Waals surface area contributed by atoms with Crippen LogP contribution >= 0.6 is 11.6 Å². The number of amides is 3. The van der Waals surface area contributed by atoms with E-state index in [9.17, 15) is 18.8 Å². The van der Waals surface area contributed by atoms with Crippen LogP contribution in [0.2, 0.25) is 5.02 Å². The van der Waals surface area contributed by atoms with Gasteiger partial charge in [0.05, 0.1) is 6.04 Å². The summed E-state index contributed by atoms with van der Waals surface area (Å²) in [6.07, 6.45) is 1.24. The second-order valence-electron chi connectivity index (χ2n) is 7.13. The minimum Gasteiger partial charge on any atom is -0.354 e. The Morgan fingerprint density at radius 3 is 2.55 bits per heavy atom. The lowest BCUT2D eigenvalue weighted by Crippen LogP contribution is -2.51. The summed E-state index contributed by atoms with van der Waals surface area (Å²) >= 11 is 6.35. The number of carbonyl (C=O) groups is 3. The fourth-order valence-electron chi connectivity index (χ4n) is 3.65. The van der Waals surface area contributed by atoms with Crippen molar-refractivity contribution in [3.8, 4) is 11.1 Å². The molecule has 0 saturated carbocycles. The Bertz CT molecular complexity index is 1060. The zero-order valence-corrected chi connectivity index (χ0v) is 17.9. The van der Waals surface area contributed by atoms with E-state index in [1.807, 2.05) is 0 Å². The summed E-state index contributed by atoms with van der Waals surface area (Å²) < 4.78 is 14.1. The van der Waals surface area contributed by atoms with Crippen LogP contribution in [0, 0.1) is 5.95 Å². The van der Waals surface area contributed by atoms with E-state index < -0.39 is 17.9 Å². The third-order valence-corrected chi connectivity index (χ3v) is 5.38. The maximum Gasteiger partial charge on any atom is 0.269 e. The second kappa shape index (κ2) is 9.26. The fraction of sp³-hybridized carbons (Fsp3) is 0.273. The molecule has 0 unspecified atom stereocenters. The maximum absolute atomic E-state index is 14.1. The van der Waals surface area contributed by atoms with E-state index in [1.165, 1.54) is 32.2 Å². The van der Waals surface area contributed by atoms with Gasteiger partial charge in [-0.3, -0.25) is 14.4 Å². The molecule has 1 aliphatic rings. The van der Waals surface area contributed by atoms with Gasteiger partial charge in [-0.25, -0.2) is 4.98 Å². The Kier molecular flexibility index (Phi) is 6.70. The van der Waals surface area contributed by atoms with Crippen molar-refractivity contribution in [3.63, 3.8) is 0 Å². The van der Waals surface area contributed by atoms with Crippen molar-refractivity contribution >= 4 is 29.3 Å². The highest BCUT2D eigenvalue weighted by Gasteiger charge is 2.31. The quantitative estimate of drug-likeness (QED) is 0.580. The number of pyridine rings is 1. The molecule has 1 fully saturated rings. The van der Waals surface area contributed by atoms with E-state index in [4.69, 9.17) is 11.6 Å². The predicted octanol–water partition coefficient (Wildman–Crippen LogP) is 2.82. The Hall–Kier alpha value is -3.26. The van der Waals surface area contributed by atoms with Gasteiger partial charge in [0.1, 0.15) is 5.69 Å². The molecule has 3 amide bonds. The lowest BCUT2D eigenvalue weighted by Gasteiger charge is -2.41. The molecule has 1 saturated heterocycles. The van der Waals surface area contributed by atoms with Crippen LogP contribution in [0.3, 0.4) is 0 Å². The van der Waals surface area contributed by atoms with Gasteiger partial charge >= 0.3 is 0 Å². The Labute approximate surface area is 184 Å². The van der Waals surface area contributed by atoms with Gasteiger partial charge in [0.2, 0.25) is 17.8 Å². The number of nitrogens with one attached hydrogen (secondary N) is 1. The molecule has 7 nitrogen and oxygen atoms in total. The largest absolute Gasteiger partial charge is 0.354 e. The van der Waals surface area contributed by atoms with Gasteiger partial charge in [-0.15, -0.1) is 0 Å². The molecule has 0 aliphatic carbocycles. The first-order valence-corrected chi connectivity index (χ1v) is 10.0. The summed E-state index contributed by atoms with van der Waals surface area (Å²) in [5.74, 6) is -1.67. The van der Waals surface area contributed by atoms with E-state index in [1.54, 1.807) is 28.0 Å². The van der Waals surface area contributed by atoms with Gasteiger partial charge in [-0.2, -0.15) is 4.39 Å². The van der Waals surface area contributed by atoms with Gasteiger partial charge in [-0.05, 0) is 47.0 Å². The topological polar surface area (TPSA) is 82.6 Å². The van der Waals surface area contributed by atoms with E-state index in [0.29, 0.717) is 34.8 Å². The smallest absolute Gasteiger partial charge is 0.269 e. The lowest BCUT2D eigenvalue weighted by atomic mass is 9.96. The number of piperazine rings is 1. The predicted molar refractivity (Wildman–Crippen MR) is 115 cm³/mol. The average molecular weight is 445 g/mol. The molecule has 1 aromatic carbocycles. The van der Waals surface area contributed by atoms with Gasteiger partial charge in [0, 0.05) is 44.7 Å². The number of hydrogen-bond acceptors (Lipinski definition) is 4. The normalized spacial score (nSPS) is 16.1. The molecule has 1 aliphatic heterocycles. The van der Waals surface area contributed by atoms with E-state index >= 15 is 0 Å². The van der Waals surface area contributed by atoms with Crippen LogP contribution in [0.5, 0.6) is 0 Å². The minimum absolute atomic E-state index is 0.0650. The SMILES string of the molecule is C=CC(=O)N1CCN(C(C)=O)[C@H](c2cc(Cl)cc(-c3cc(F)nc(C(=O)NC)c3)c2)C1. The number of aromatic nitrogens is 1. The first kappa shape index (κ1) is 22.4. The third-order valence-electron chi connectivity index (χ3n) is 5.16. The van der Waals surface area contributed by atoms with E-state index in [0.717, 1.165) is 0 Å². The molecule has 1 aromatic heterocycles. The molecule has 0 spiro atoms. The average Bonchev–Trinajstić information content (AvgIpc) is 2.76. The zero-order valence-electron chi connectivity index (χ0n) is 17.2. The first-order chi connectivity index (χ1) is 14.7. The highest BCUT2D eigenvalue weighted by atomic mass is 35.5. The highest BCUT2D eigenvalue weighted by Crippen LogP contribution is 2.32. The highest BCUT2D eigenvalue weighted by molar-refractivity contribution is 6.31. The number of carbonyl (C=O) groups excluding carboxylic acids is 3. The molecule has 9 heteroatoms. The van der Waals surface area contributed by atoms with Crippen LogP contribution in [-0.2, 0) is 9.59 Å². The van der Waals surface area contributed by atoms with Crippen LogP contribution < -0.4 is 5.32 Å². The maximum atomic E-state index is 14.1. The monoisotopic (exact) mass is 444 g/mol. The Morgan fingerprint density at radius 1 is 1.19 bits per heavy atom. The minimum atomic E-state index is -0.802. The zero-order chi connectivity index (χ0) is 22.7. The summed E-state index contributed by atoms with van der Waals surface area (Å²) in [4.78, 5) is 43.2. The van der Waals surface area contributed by atoms with Crippen molar-refractivity contribution in [2.45, 2.75) is 13.0 Å². The summed E-state index contributed by atoms with van der Waals surface area (Å²) in [5.41, 5.74) is 1.60. The van der Waals surface area contributed by atoms with Crippen molar-refractivity contribution in [3.05, 3.63) is 65.2 Å². The number of hydrogen-bond donors (Lipinski definition) is 1. The molecule has 2 heterocycles. The van der Waals surface area contributed by atoms with Crippen LogP contribution in [-0.4, -0.2) is 59.2 Å². The van der Waals surface area contributed by atoms with Gasteiger partial charge in [0.25, 0.3) is 5.91 Å². The van der Waals surface area contributed by atoms with Crippen molar-refractivity contribution in [1.82, 2.24) is 20.1 Å². The van der Waals surface area contributed by atoms with Gasteiger partial charge in [0.15, 0.2) is 0 Å². The lowest BCUT2D eigenvalue weighted by molar-refractivity contribution is -0.139. The molecule has 0 radical (unpaired) electrons. The van der Waals surface area contributed by atoms with Crippen molar-refractivity contribution < 1.29 is 18.8 Å². The van der Waals surface area contributed by atoms with Crippen molar-refractivity contribution in [1.29, 1.82) is 0 Å². The summed E-state index contributed by atoms with van der Waals surface area (Å²) in [5, 5.41) is 2.79. The van der Waals surface area contributed by atoms with Crippen LogP contribution in [0.4, 0.5) is 4.39 Å². The summed E-state index contributed by atoms with van der Waals surface area (Å²) in [6.45, 7) is 6.04. The van der Waals surface area contributed by atoms with E-state index in [2.05, 4.69) is 16.9 Å². The molecular formula is C22H22ClFN4O3. The molecular weight excluding hydrogens is 423 g/mol. The van der Waals surface area contributed by atoms with E-state index in [-0.39, 0.29) is 24.1 Å². The van der Waals surface area contributed by atoms with Crippen LogP contribution in [0.1, 0.15) is 29.0 Å². The number of rotatable bonds is 4. The molecule has 1 N–H and O–H groups in total. The Balaban J connectivity index is 2.06. The van der Waals surface area contributed by atoms with Gasteiger partial charge < -0.3 is 15.1 Å². The second-order valence-corrected chi connectivity index (χ2v) is 7.57. The number of benzene rings is 1. The van der Waals surface area contributed by atoms with Gasteiger partial charge in [-0.1, -0.05) is 18.2 Å². The molecule has 162 valence electrons. The van der Waals surface area contributed by atoms with Crippen LogP contribution in [0.15, 0.2) is 43.0 Å². The standard InChI is InChI=1S/C22H22ClFN4O3/c1-4-21(30)27-5-6-28(13(2)29)19(12-27)16-7-14(8-17(23)9-16)15-10-18(22(31)25-3)26-20(24)11-15/h4,7-11,19H,1,5-6,12H2,2-3H3,(H,25,31)/t19-/m0/s1. The number of nitrogens with zero attached hydrogens (tertiary/aromatic N) is 3. The number of halogens is 2. The molecule has 31 heavy (non-hydrogen) atoms. The fourth-order valence-corrected chi connectivity index (χ4v) is 3.90. The molecule has 3 rings (SSSR count). The molecule has 0 bridgehead atoms. The first-order valence-electron chi connectivity index (χ1n) is 9.62. The third kappa shape index (κ3) is 4.91. The Morgan fingerprint density at radius 2 is 1.90 bits per heavy atom. The van der Waals surface area contributed by atoms with Crippen LogP contribution in [0.25, 0.3) is 11.1 Å². The van der Waals surface area contributed by atoms with Crippen molar-refractivity contribution in [2.24, 2.45) is 0 Å². The molecule has 1 atom stereocenters.